The Morgan fingerprint density at radius 1 is 0.581 bits per heavy atom. The van der Waals surface area contributed by atoms with Crippen molar-refractivity contribution in [2.24, 2.45) is 0 Å². The first-order valence-electron chi connectivity index (χ1n) is 11.1. The van der Waals surface area contributed by atoms with E-state index in [0.717, 1.165) is 6.42 Å². The van der Waals surface area contributed by atoms with E-state index in [9.17, 15) is 0 Å². The molecule has 0 saturated heterocycles. The van der Waals surface area contributed by atoms with Gasteiger partial charge in [-0.2, -0.15) is 0 Å². The lowest BCUT2D eigenvalue weighted by atomic mass is 9.67. The average molecular weight is 397 g/mol. The van der Waals surface area contributed by atoms with E-state index in [1.807, 2.05) is 0 Å². The summed E-state index contributed by atoms with van der Waals surface area (Å²) in [5, 5.41) is 0. The van der Waals surface area contributed by atoms with Crippen LogP contribution in [0.15, 0.2) is 127 Å². The van der Waals surface area contributed by atoms with Crippen LogP contribution in [-0.4, -0.2) is 0 Å². The molecule has 1 unspecified atom stereocenters. The molecule has 4 aromatic rings. The predicted octanol–water partition coefficient (Wildman–Crippen LogP) is 7.65. The Bertz CT molecular complexity index is 1250. The van der Waals surface area contributed by atoms with E-state index in [1.165, 1.54) is 38.9 Å². The fraction of sp³-hybridized carbons (Fsp3) is 0.0968. The van der Waals surface area contributed by atoms with Gasteiger partial charge in [-0.1, -0.05) is 127 Å². The van der Waals surface area contributed by atoms with E-state index in [0.29, 0.717) is 5.92 Å². The number of rotatable bonds is 3. The first-order valence-corrected chi connectivity index (χ1v) is 11.1. The molecule has 0 amide bonds. The van der Waals surface area contributed by atoms with Gasteiger partial charge in [-0.15, -0.1) is 0 Å². The van der Waals surface area contributed by atoms with Crippen molar-refractivity contribution < 1.29 is 0 Å². The smallest absolute Gasteiger partial charge is 0.0713 e. The summed E-state index contributed by atoms with van der Waals surface area (Å²) in [5.41, 5.74) is 9.21. The van der Waals surface area contributed by atoms with Gasteiger partial charge >= 0.3 is 0 Å². The zero-order valence-corrected chi connectivity index (χ0v) is 17.4. The molecule has 0 radical (unpaired) electrons. The van der Waals surface area contributed by atoms with Crippen molar-refractivity contribution in [1.82, 2.24) is 0 Å². The number of hydrogen-bond acceptors (Lipinski definition) is 0. The van der Waals surface area contributed by atoms with Gasteiger partial charge in [0.2, 0.25) is 0 Å². The summed E-state index contributed by atoms with van der Waals surface area (Å²) in [6.45, 7) is 0. The Kier molecular flexibility index (Phi) is 4.25. The van der Waals surface area contributed by atoms with Crippen LogP contribution in [0.4, 0.5) is 0 Å². The Morgan fingerprint density at radius 2 is 1.23 bits per heavy atom. The molecule has 1 atom stereocenters. The van der Waals surface area contributed by atoms with Crippen LogP contribution >= 0.6 is 0 Å². The van der Waals surface area contributed by atoms with Gasteiger partial charge in [-0.3, -0.25) is 0 Å². The van der Waals surface area contributed by atoms with Crippen molar-refractivity contribution in [3.63, 3.8) is 0 Å². The highest BCUT2D eigenvalue weighted by Crippen LogP contribution is 2.56. The summed E-state index contributed by atoms with van der Waals surface area (Å²) in [6.07, 6.45) is 9.98. The molecule has 148 valence electrons. The lowest BCUT2D eigenvalue weighted by Crippen LogP contribution is -2.28. The maximum atomic E-state index is 2.44. The van der Waals surface area contributed by atoms with Gasteiger partial charge in [-0.25, -0.2) is 0 Å². The van der Waals surface area contributed by atoms with Crippen molar-refractivity contribution in [2.45, 2.75) is 17.8 Å². The second-order valence-electron chi connectivity index (χ2n) is 8.49. The molecule has 0 spiro atoms. The first-order chi connectivity index (χ1) is 15.4. The Balaban J connectivity index is 1.67. The molecule has 31 heavy (non-hydrogen) atoms. The Hall–Kier alpha value is -3.64. The van der Waals surface area contributed by atoms with Crippen LogP contribution in [-0.2, 0) is 5.41 Å². The van der Waals surface area contributed by atoms with Crippen LogP contribution in [0, 0.1) is 0 Å². The van der Waals surface area contributed by atoms with Crippen molar-refractivity contribution >= 4 is 0 Å². The highest BCUT2D eigenvalue weighted by atomic mass is 14.5. The minimum atomic E-state index is -0.296. The van der Waals surface area contributed by atoms with Gasteiger partial charge in [-0.05, 0) is 45.4 Å². The lowest BCUT2D eigenvalue weighted by Gasteiger charge is -2.34. The summed E-state index contributed by atoms with van der Waals surface area (Å²) in [6, 6.07) is 38.1. The van der Waals surface area contributed by atoms with E-state index in [-0.39, 0.29) is 5.41 Å². The highest BCUT2D eigenvalue weighted by molar-refractivity contribution is 5.86. The molecule has 0 fully saturated rings. The molecule has 0 aromatic heterocycles. The molecule has 2 aliphatic rings. The lowest BCUT2D eigenvalue weighted by molar-refractivity contribution is 0.766. The molecule has 0 nitrogen and oxygen atoms in total. The average Bonchev–Trinajstić information content (AvgIpc) is 3.16. The summed E-state index contributed by atoms with van der Waals surface area (Å²) in [5.74, 6) is 0.450. The molecular formula is C31H24. The largest absolute Gasteiger partial charge is 0.0836 e. The van der Waals surface area contributed by atoms with Crippen LogP contribution in [0.25, 0.3) is 11.1 Å². The van der Waals surface area contributed by atoms with Crippen LogP contribution in [0.5, 0.6) is 0 Å². The van der Waals surface area contributed by atoms with Gasteiger partial charge in [0.05, 0.1) is 5.41 Å². The molecule has 0 N–H and O–H groups in total. The number of fused-ring (bicyclic) bond motifs is 3. The normalized spacial score (nSPS) is 17.9. The summed E-state index contributed by atoms with van der Waals surface area (Å²) in [7, 11) is 0. The maximum Gasteiger partial charge on any atom is 0.0713 e. The van der Waals surface area contributed by atoms with Crippen molar-refractivity contribution in [3.05, 3.63) is 155 Å². The zero-order valence-electron chi connectivity index (χ0n) is 17.4. The van der Waals surface area contributed by atoms with Crippen LogP contribution in [0.2, 0.25) is 0 Å². The molecule has 2 aliphatic carbocycles. The van der Waals surface area contributed by atoms with Crippen molar-refractivity contribution in [1.29, 1.82) is 0 Å². The van der Waals surface area contributed by atoms with Crippen LogP contribution in [0.1, 0.15) is 40.2 Å². The standard InChI is InChI=1S/C31H24/c1-4-12-23(13-5-1)24-20-21-30-28(22-24)27-18-10-11-19-29(27)31(30,25-14-6-2-7-15-25)26-16-8-3-9-17-26/h1-12,14-23H,13H2. The van der Waals surface area contributed by atoms with Crippen LogP contribution in [0.3, 0.4) is 0 Å². The van der Waals surface area contributed by atoms with E-state index >= 15 is 0 Å². The first kappa shape index (κ1) is 18.2. The second-order valence-corrected chi connectivity index (χ2v) is 8.49. The molecule has 0 heteroatoms. The summed E-state index contributed by atoms with van der Waals surface area (Å²) >= 11 is 0. The highest BCUT2D eigenvalue weighted by Gasteiger charge is 2.45. The monoisotopic (exact) mass is 396 g/mol. The Morgan fingerprint density at radius 3 is 1.90 bits per heavy atom. The van der Waals surface area contributed by atoms with Gasteiger partial charge in [0.25, 0.3) is 0 Å². The second kappa shape index (κ2) is 7.25. The van der Waals surface area contributed by atoms with E-state index in [2.05, 4.69) is 127 Å². The third-order valence-electron chi connectivity index (χ3n) is 6.89. The molecule has 0 aliphatic heterocycles. The molecule has 0 heterocycles. The molecule has 0 saturated carbocycles. The predicted molar refractivity (Wildman–Crippen MR) is 129 cm³/mol. The minimum Gasteiger partial charge on any atom is -0.0836 e. The summed E-state index contributed by atoms with van der Waals surface area (Å²) in [4.78, 5) is 0. The fourth-order valence-corrected chi connectivity index (χ4v) is 5.53. The molecular weight excluding hydrogens is 372 g/mol. The Labute approximate surface area is 184 Å². The molecule has 0 bridgehead atoms. The van der Waals surface area contributed by atoms with Crippen LogP contribution < -0.4 is 0 Å². The number of benzene rings is 4. The zero-order chi connectivity index (χ0) is 20.7. The topological polar surface area (TPSA) is 0 Å². The van der Waals surface area contributed by atoms with E-state index < -0.39 is 0 Å². The van der Waals surface area contributed by atoms with Crippen molar-refractivity contribution in [2.75, 3.05) is 0 Å². The quantitative estimate of drug-likeness (QED) is 0.294. The maximum absolute atomic E-state index is 2.44. The van der Waals surface area contributed by atoms with Gasteiger partial charge < -0.3 is 0 Å². The SMILES string of the molecule is C1=CCC(c2ccc3c(c2)-c2ccccc2C3(c2ccccc2)c2ccccc2)C=C1. The van der Waals surface area contributed by atoms with Gasteiger partial charge in [0.1, 0.15) is 0 Å². The third kappa shape index (κ3) is 2.68. The summed E-state index contributed by atoms with van der Waals surface area (Å²) < 4.78 is 0. The van der Waals surface area contributed by atoms with Gasteiger partial charge in [0, 0.05) is 5.92 Å². The van der Waals surface area contributed by atoms with Crippen molar-refractivity contribution in [3.8, 4) is 11.1 Å². The van der Waals surface area contributed by atoms with E-state index in [4.69, 9.17) is 0 Å². The third-order valence-corrected chi connectivity index (χ3v) is 6.89. The molecule has 6 rings (SSSR count). The minimum absolute atomic E-state index is 0.296. The molecule has 4 aromatic carbocycles. The van der Waals surface area contributed by atoms with Gasteiger partial charge in [0.15, 0.2) is 0 Å². The number of hydrogen-bond donors (Lipinski definition) is 0. The number of allylic oxidation sites excluding steroid dienone is 4. The fourth-order valence-electron chi connectivity index (χ4n) is 5.53. The van der Waals surface area contributed by atoms with E-state index in [1.54, 1.807) is 0 Å².